The molecule has 0 radical (unpaired) electrons. The van der Waals surface area contributed by atoms with E-state index < -0.39 is 51.0 Å². The van der Waals surface area contributed by atoms with Crippen molar-refractivity contribution in [1.82, 2.24) is 5.32 Å². The van der Waals surface area contributed by atoms with Gasteiger partial charge in [0.05, 0.1) is 4.90 Å². The summed E-state index contributed by atoms with van der Waals surface area (Å²) in [6.07, 6.45) is 2.96. The Balaban J connectivity index is 2.65. The van der Waals surface area contributed by atoms with Crippen LogP contribution in [0.2, 0.25) is 0 Å². The van der Waals surface area contributed by atoms with Crippen LogP contribution in [0.25, 0.3) is 0 Å². The molecule has 2 N–H and O–H groups in total. The molecule has 30 heavy (non-hydrogen) atoms. The van der Waals surface area contributed by atoms with Gasteiger partial charge in [-0.15, -0.1) is 0 Å². The van der Waals surface area contributed by atoms with E-state index >= 15 is 0 Å². The maximum absolute atomic E-state index is 14.3. The van der Waals surface area contributed by atoms with E-state index in [0.717, 1.165) is 25.5 Å². The van der Waals surface area contributed by atoms with Crippen molar-refractivity contribution in [3.05, 3.63) is 29.8 Å². The van der Waals surface area contributed by atoms with E-state index in [0.29, 0.717) is 12.8 Å². The van der Waals surface area contributed by atoms with Crippen LogP contribution in [0.15, 0.2) is 29.2 Å². The van der Waals surface area contributed by atoms with Crippen molar-refractivity contribution in [2.75, 3.05) is 12.9 Å². The Labute approximate surface area is 184 Å². The van der Waals surface area contributed by atoms with E-state index in [2.05, 4.69) is 5.32 Å². The van der Waals surface area contributed by atoms with E-state index in [1.54, 1.807) is 0 Å². The highest BCUT2D eigenvalue weighted by Crippen LogP contribution is 2.45. The Morgan fingerprint density at radius 2 is 1.80 bits per heavy atom. The lowest BCUT2D eigenvalue weighted by atomic mass is 9.69. The first-order chi connectivity index (χ1) is 14.0. The lowest BCUT2D eigenvalue weighted by Gasteiger charge is -2.45. The zero-order valence-corrected chi connectivity index (χ0v) is 18.6. The molecule has 2 rings (SSSR count). The average Bonchev–Trinajstić information content (AvgIpc) is 2.70. The van der Waals surface area contributed by atoms with Gasteiger partial charge >= 0.3 is 6.16 Å². The van der Waals surface area contributed by atoms with Gasteiger partial charge in [0.1, 0.15) is 12.7 Å². The molecule has 0 unspecified atom stereocenters. The van der Waals surface area contributed by atoms with Gasteiger partial charge in [-0.25, -0.2) is 17.6 Å². The smallest absolute Gasteiger partial charge is 0.450 e. The Hall–Kier alpha value is -1.58. The highest BCUT2D eigenvalue weighted by Gasteiger charge is 2.52. The van der Waals surface area contributed by atoms with Gasteiger partial charge in [-0.05, 0) is 30.5 Å². The number of carbonyl (C=O) groups excluding carboxylic acids is 1. The first kappa shape index (κ1) is 24.7. The van der Waals surface area contributed by atoms with Crippen molar-refractivity contribution in [3.63, 3.8) is 0 Å². The topological polar surface area (TPSA) is 110 Å². The maximum Gasteiger partial charge on any atom is 0.506 e. The van der Waals surface area contributed by atoms with Crippen molar-refractivity contribution in [2.45, 2.75) is 53.5 Å². The number of carbonyl (C=O) groups is 2. The van der Waals surface area contributed by atoms with Crippen LogP contribution in [0.4, 0.5) is 9.18 Å². The molecule has 0 aromatic heterocycles. The van der Waals surface area contributed by atoms with E-state index in [-0.39, 0.29) is 10.5 Å². The Kier molecular flexibility index (Phi) is 8.35. The molecule has 1 aliphatic rings. The summed E-state index contributed by atoms with van der Waals surface area (Å²) in [6.45, 7) is -1.15. The van der Waals surface area contributed by atoms with Gasteiger partial charge in [0.2, 0.25) is 0 Å². The number of sulfone groups is 1. The third kappa shape index (κ3) is 5.56. The standard InChI is InChI=1S/C19H24Cl2FNO6S/c1-30(27,28)14-9-7-13(8-10-14)19(29-18(25)26,12-5-3-2-4-6-12)15(11-22)23-17(24)16(20)21/h7-10,12,15-16H,2-6,11H2,1H3,(H,23,24)(H,25,26)/t15-,19-/m1/s1. The molecule has 1 aromatic carbocycles. The molecular formula is C19H24Cl2FNO6S. The molecule has 168 valence electrons. The molecule has 1 amide bonds. The molecule has 0 saturated heterocycles. The number of nitrogens with one attached hydrogen (secondary N) is 1. The number of rotatable bonds is 8. The fourth-order valence-corrected chi connectivity index (χ4v) is 4.82. The molecule has 1 fully saturated rings. The molecule has 1 saturated carbocycles. The fourth-order valence-electron chi connectivity index (χ4n) is 4.07. The highest BCUT2D eigenvalue weighted by atomic mass is 35.5. The van der Waals surface area contributed by atoms with Gasteiger partial charge in [-0.1, -0.05) is 54.6 Å². The van der Waals surface area contributed by atoms with Gasteiger partial charge in [0, 0.05) is 12.2 Å². The number of halogens is 3. The van der Waals surface area contributed by atoms with Crippen LogP contribution in [0.5, 0.6) is 0 Å². The monoisotopic (exact) mass is 483 g/mol. The summed E-state index contributed by atoms with van der Waals surface area (Å²) in [5.41, 5.74) is -1.54. The van der Waals surface area contributed by atoms with E-state index in [9.17, 15) is 27.5 Å². The fraction of sp³-hybridized carbons (Fsp3) is 0.579. The second-order valence-electron chi connectivity index (χ2n) is 7.31. The second kappa shape index (κ2) is 10.2. The molecule has 1 aromatic rings. The summed E-state index contributed by atoms with van der Waals surface area (Å²) in [6, 6.07) is 3.98. The minimum absolute atomic E-state index is 0.0153. The maximum atomic E-state index is 14.3. The predicted molar refractivity (Wildman–Crippen MR) is 110 cm³/mol. The SMILES string of the molecule is CS(=O)(=O)c1ccc([C@](OC(=O)O)(C2CCCCC2)[C@@H](CF)NC(=O)C(Cl)Cl)cc1. The normalized spacial score (nSPS) is 18.4. The average molecular weight is 484 g/mol. The van der Waals surface area contributed by atoms with Crippen molar-refractivity contribution in [3.8, 4) is 0 Å². The molecule has 0 bridgehead atoms. The summed E-state index contributed by atoms with van der Waals surface area (Å²) in [5.74, 6) is -1.33. The number of alkyl halides is 3. The van der Waals surface area contributed by atoms with Crippen LogP contribution in [0.3, 0.4) is 0 Å². The van der Waals surface area contributed by atoms with Crippen molar-refractivity contribution in [1.29, 1.82) is 0 Å². The molecular weight excluding hydrogens is 460 g/mol. The van der Waals surface area contributed by atoms with Gasteiger partial charge < -0.3 is 15.2 Å². The van der Waals surface area contributed by atoms with Crippen LogP contribution in [0, 0.1) is 5.92 Å². The summed E-state index contributed by atoms with van der Waals surface area (Å²) < 4.78 is 43.2. The van der Waals surface area contributed by atoms with Gasteiger partial charge in [0.25, 0.3) is 5.91 Å². The zero-order valence-electron chi connectivity index (χ0n) is 16.3. The number of benzene rings is 1. The third-order valence-corrected chi connectivity index (χ3v) is 6.91. The van der Waals surface area contributed by atoms with Gasteiger partial charge in [-0.3, -0.25) is 4.79 Å². The highest BCUT2D eigenvalue weighted by molar-refractivity contribution is 7.90. The summed E-state index contributed by atoms with van der Waals surface area (Å²) in [7, 11) is -3.50. The number of amides is 1. The van der Waals surface area contributed by atoms with E-state index in [1.165, 1.54) is 24.3 Å². The molecule has 0 aliphatic heterocycles. The van der Waals surface area contributed by atoms with Crippen LogP contribution >= 0.6 is 23.2 Å². The second-order valence-corrected chi connectivity index (χ2v) is 10.4. The van der Waals surface area contributed by atoms with E-state index in [4.69, 9.17) is 27.9 Å². The predicted octanol–water partition coefficient (Wildman–Crippen LogP) is 3.82. The first-order valence-electron chi connectivity index (χ1n) is 9.39. The largest absolute Gasteiger partial charge is 0.506 e. The quantitative estimate of drug-likeness (QED) is 0.429. The van der Waals surface area contributed by atoms with Crippen molar-refractivity contribution >= 4 is 45.1 Å². The van der Waals surface area contributed by atoms with Crippen LogP contribution < -0.4 is 5.32 Å². The number of carboxylic acid groups (broad SMARTS) is 1. The van der Waals surface area contributed by atoms with Crippen molar-refractivity contribution in [2.24, 2.45) is 5.92 Å². The lowest BCUT2D eigenvalue weighted by Crippen LogP contribution is -2.59. The number of hydrogen-bond acceptors (Lipinski definition) is 5. The van der Waals surface area contributed by atoms with Gasteiger partial charge in [-0.2, -0.15) is 0 Å². The minimum atomic E-state index is -3.50. The summed E-state index contributed by atoms with van der Waals surface area (Å²) >= 11 is 11.2. The molecule has 0 heterocycles. The van der Waals surface area contributed by atoms with Crippen LogP contribution in [-0.4, -0.2) is 49.4 Å². The third-order valence-electron chi connectivity index (χ3n) is 5.39. The lowest BCUT2D eigenvalue weighted by molar-refractivity contribution is -0.129. The molecule has 7 nitrogen and oxygen atoms in total. The molecule has 11 heteroatoms. The van der Waals surface area contributed by atoms with E-state index in [1.807, 2.05) is 0 Å². The first-order valence-corrected chi connectivity index (χ1v) is 12.2. The Morgan fingerprint density at radius 3 is 2.23 bits per heavy atom. The molecule has 1 aliphatic carbocycles. The summed E-state index contributed by atoms with van der Waals surface area (Å²) in [5, 5.41) is 11.9. The Bertz CT molecular complexity index is 858. The van der Waals surface area contributed by atoms with Crippen LogP contribution in [-0.2, 0) is 25.0 Å². The minimum Gasteiger partial charge on any atom is -0.450 e. The van der Waals surface area contributed by atoms with Crippen molar-refractivity contribution < 1.29 is 32.2 Å². The van der Waals surface area contributed by atoms with Gasteiger partial charge in [0.15, 0.2) is 20.3 Å². The Morgan fingerprint density at radius 1 is 1.23 bits per heavy atom. The number of ether oxygens (including phenoxy) is 1. The number of hydrogen-bond donors (Lipinski definition) is 2. The molecule has 0 spiro atoms. The summed E-state index contributed by atoms with van der Waals surface area (Å²) in [4.78, 5) is 22.3. The zero-order chi connectivity index (χ0) is 22.5. The molecule has 2 atom stereocenters. The van der Waals surface area contributed by atoms with Crippen LogP contribution in [0.1, 0.15) is 37.7 Å².